The van der Waals surface area contributed by atoms with Gasteiger partial charge in [-0.2, -0.15) is 4.99 Å². The van der Waals surface area contributed by atoms with E-state index >= 15 is 0 Å². The van der Waals surface area contributed by atoms with E-state index in [1.807, 2.05) is 0 Å². The molecule has 1 amide bonds. The Morgan fingerprint density at radius 2 is 2.00 bits per heavy atom. The molecule has 3 rings (SSSR count). The van der Waals surface area contributed by atoms with Gasteiger partial charge in [-0.15, -0.1) is 21.5 Å². The second-order valence-electron chi connectivity index (χ2n) is 7.83. The zero-order chi connectivity index (χ0) is 19.8. The second kappa shape index (κ2) is 7.42. The number of methoxy groups -OCH3 is 2. The summed E-state index contributed by atoms with van der Waals surface area (Å²) in [6.07, 6.45) is 2.47. The van der Waals surface area contributed by atoms with Gasteiger partial charge in [-0.1, -0.05) is 20.8 Å². The molecule has 27 heavy (non-hydrogen) atoms. The van der Waals surface area contributed by atoms with Gasteiger partial charge >= 0.3 is 0 Å². The van der Waals surface area contributed by atoms with Gasteiger partial charge < -0.3 is 14.0 Å². The standard InChI is InChI=1S/C19H26N4O3S/c1-11-15(19(2,3)4)27-18(23(11)10-12-7-8-12)20-16(24)13-9-14(25-5)21-22-17(13)26-6/h9,12H,7-8,10H2,1-6H3/b20-18-. The smallest absolute Gasteiger partial charge is 0.285 e. The average Bonchev–Trinajstić information content (AvgIpc) is 3.39. The number of hydrogen-bond acceptors (Lipinski definition) is 6. The molecular formula is C19H26N4O3S. The summed E-state index contributed by atoms with van der Waals surface area (Å²) in [6.45, 7) is 9.55. The lowest BCUT2D eigenvalue weighted by molar-refractivity contribution is 0.0993. The fourth-order valence-electron chi connectivity index (χ4n) is 2.95. The van der Waals surface area contributed by atoms with Crippen molar-refractivity contribution < 1.29 is 14.3 Å². The summed E-state index contributed by atoms with van der Waals surface area (Å²) in [6, 6.07) is 1.51. The molecule has 0 aliphatic heterocycles. The molecular weight excluding hydrogens is 364 g/mol. The van der Waals surface area contributed by atoms with Gasteiger partial charge in [0.15, 0.2) is 4.80 Å². The molecule has 0 atom stereocenters. The van der Waals surface area contributed by atoms with Crippen LogP contribution in [0, 0.1) is 12.8 Å². The first kappa shape index (κ1) is 19.5. The fraction of sp³-hybridized carbons (Fsp3) is 0.579. The van der Waals surface area contributed by atoms with Gasteiger partial charge in [-0.25, -0.2) is 0 Å². The Morgan fingerprint density at radius 1 is 1.30 bits per heavy atom. The molecule has 0 bridgehead atoms. The molecule has 2 aromatic heterocycles. The number of carbonyl (C=O) groups excluding carboxylic acids is 1. The van der Waals surface area contributed by atoms with Crippen LogP contribution in [0.15, 0.2) is 11.1 Å². The van der Waals surface area contributed by atoms with E-state index in [-0.39, 0.29) is 22.7 Å². The molecule has 0 aromatic carbocycles. The van der Waals surface area contributed by atoms with Crippen LogP contribution in [0.2, 0.25) is 0 Å². The molecule has 1 fully saturated rings. The molecule has 0 radical (unpaired) electrons. The SMILES string of the molecule is COc1cc(C(=O)/N=c2\sc(C(C)(C)C)c(C)n2CC2CC2)c(OC)nn1. The zero-order valence-electron chi connectivity index (χ0n) is 16.7. The van der Waals surface area contributed by atoms with Gasteiger partial charge in [0.05, 0.1) is 14.2 Å². The first-order valence-corrected chi connectivity index (χ1v) is 9.81. The summed E-state index contributed by atoms with van der Waals surface area (Å²) in [5.41, 5.74) is 1.42. The Hall–Kier alpha value is -2.22. The minimum absolute atomic E-state index is 0.00397. The van der Waals surface area contributed by atoms with Crippen LogP contribution in [0.1, 0.15) is 54.5 Å². The molecule has 2 heterocycles. The number of rotatable bonds is 5. The molecule has 0 spiro atoms. The van der Waals surface area contributed by atoms with Gasteiger partial charge in [0, 0.05) is 23.2 Å². The Bertz CT molecular complexity index is 920. The third-order valence-electron chi connectivity index (χ3n) is 4.54. The summed E-state index contributed by atoms with van der Waals surface area (Å²) in [4.78, 5) is 19.3. The van der Waals surface area contributed by atoms with Crippen molar-refractivity contribution in [3.63, 3.8) is 0 Å². The van der Waals surface area contributed by atoms with E-state index in [4.69, 9.17) is 9.47 Å². The summed E-state index contributed by atoms with van der Waals surface area (Å²) >= 11 is 1.58. The molecule has 0 N–H and O–H groups in total. The van der Waals surface area contributed by atoms with Gasteiger partial charge in [-0.3, -0.25) is 4.79 Å². The molecule has 8 heteroatoms. The maximum atomic E-state index is 12.9. The highest BCUT2D eigenvalue weighted by molar-refractivity contribution is 7.09. The normalized spacial score (nSPS) is 15.1. The van der Waals surface area contributed by atoms with Gasteiger partial charge in [0.1, 0.15) is 5.56 Å². The molecule has 0 saturated heterocycles. The minimum Gasteiger partial charge on any atom is -0.480 e. The van der Waals surface area contributed by atoms with Crippen molar-refractivity contribution in [2.75, 3.05) is 14.2 Å². The molecule has 0 unspecified atom stereocenters. The van der Waals surface area contributed by atoms with Crippen LogP contribution in [0.3, 0.4) is 0 Å². The Balaban J connectivity index is 2.09. The monoisotopic (exact) mass is 390 g/mol. The number of ether oxygens (including phenoxy) is 2. The lowest BCUT2D eigenvalue weighted by atomic mass is 9.93. The predicted octanol–water partition coefficient (Wildman–Crippen LogP) is 3.11. The number of hydrogen-bond donors (Lipinski definition) is 0. The Kier molecular flexibility index (Phi) is 5.37. The van der Waals surface area contributed by atoms with E-state index in [0.717, 1.165) is 6.54 Å². The predicted molar refractivity (Wildman–Crippen MR) is 103 cm³/mol. The van der Waals surface area contributed by atoms with Gasteiger partial charge in [0.25, 0.3) is 5.91 Å². The van der Waals surface area contributed by atoms with Crippen LogP contribution in [0.25, 0.3) is 0 Å². The average molecular weight is 391 g/mol. The van der Waals surface area contributed by atoms with Crippen LogP contribution in [-0.4, -0.2) is 34.9 Å². The summed E-state index contributed by atoms with van der Waals surface area (Å²) < 4.78 is 12.4. The quantitative estimate of drug-likeness (QED) is 0.784. The van der Waals surface area contributed by atoms with Crippen LogP contribution in [0.4, 0.5) is 0 Å². The summed E-state index contributed by atoms with van der Waals surface area (Å²) in [5.74, 6) is 0.657. The van der Waals surface area contributed by atoms with Crippen molar-refractivity contribution >= 4 is 17.2 Å². The van der Waals surface area contributed by atoms with Crippen molar-refractivity contribution in [3.05, 3.63) is 27.0 Å². The van der Waals surface area contributed by atoms with E-state index in [1.54, 1.807) is 11.3 Å². The van der Waals surface area contributed by atoms with Crippen molar-refractivity contribution in [1.29, 1.82) is 0 Å². The Morgan fingerprint density at radius 3 is 2.56 bits per heavy atom. The number of nitrogens with zero attached hydrogens (tertiary/aromatic N) is 4. The molecule has 1 aliphatic rings. The van der Waals surface area contributed by atoms with E-state index in [1.165, 1.54) is 43.7 Å². The zero-order valence-corrected chi connectivity index (χ0v) is 17.5. The topological polar surface area (TPSA) is 78.6 Å². The van der Waals surface area contributed by atoms with E-state index < -0.39 is 5.91 Å². The first-order valence-electron chi connectivity index (χ1n) is 9.00. The van der Waals surface area contributed by atoms with E-state index in [9.17, 15) is 4.79 Å². The van der Waals surface area contributed by atoms with Crippen molar-refractivity contribution in [1.82, 2.24) is 14.8 Å². The van der Waals surface area contributed by atoms with Crippen LogP contribution in [-0.2, 0) is 12.0 Å². The minimum atomic E-state index is -0.411. The third kappa shape index (κ3) is 4.21. The summed E-state index contributed by atoms with van der Waals surface area (Å²) in [5, 5.41) is 7.73. The van der Waals surface area contributed by atoms with Crippen LogP contribution in [0.5, 0.6) is 11.8 Å². The molecule has 7 nitrogen and oxygen atoms in total. The maximum Gasteiger partial charge on any atom is 0.285 e. The highest BCUT2D eigenvalue weighted by Crippen LogP contribution is 2.33. The number of carbonyl (C=O) groups is 1. The Labute approximate surface area is 163 Å². The molecule has 146 valence electrons. The maximum absolute atomic E-state index is 12.9. The van der Waals surface area contributed by atoms with Crippen molar-refractivity contribution in [3.8, 4) is 11.8 Å². The lowest BCUT2D eigenvalue weighted by Gasteiger charge is -2.17. The number of thiazole rings is 1. The second-order valence-corrected chi connectivity index (χ2v) is 8.81. The van der Waals surface area contributed by atoms with Gasteiger partial charge in [-0.05, 0) is 31.1 Å². The lowest BCUT2D eigenvalue weighted by Crippen LogP contribution is -2.20. The van der Waals surface area contributed by atoms with E-state index in [2.05, 4.69) is 47.5 Å². The van der Waals surface area contributed by atoms with Crippen molar-refractivity contribution in [2.45, 2.75) is 52.5 Å². The molecule has 1 aliphatic carbocycles. The number of amides is 1. The number of aromatic nitrogens is 3. The fourth-order valence-corrected chi connectivity index (χ4v) is 4.15. The van der Waals surface area contributed by atoms with Crippen LogP contribution < -0.4 is 14.3 Å². The van der Waals surface area contributed by atoms with Gasteiger partial charge in [0.2, 0.25) is 11.8 Å². The highest BCUT2D eigenvalue weighted by atomic mass is 32.1. The van der Waals surface area contributed by atoms with E-state index in [0.29, 0.717) is 10.7 Å². The first-order chi connectivity index (χ1) is 12.7. The summed E-state index contributed by atoms with van der Waals surface area (Å²) in [7, 11) is 2.93. The molecule has 1 saturated carbocycles. The van der Waals surface area contributed by atoms with Crippen molar-refractivity contribution in [2.24, 2.45) is 10.9 Å². The van der Waals surface area contributed by atoms with Crippen LogP contribution >= 0.6 is 11.3 Å². The highest BCUT2D eigenvalue weighted by Gasteiger charge is 2.27. The largest absolute Gasteiger partial charge is 0.480 e. The third-order valence-corrected chi connectivity index (χ3v) is 6.15. The molecule has 2 aromatic rings.